The Hall–Kier alpha value is -0.120. The van der Waals surface area contributed by atoms with E-state index in [-0.39, 0.29) is 0 Å². The molecule has 0 saturated heterocycles. The molecule has 72 valence electrons. The number of hydrogen-bond donors (Lipinski definition) is 2. The first kappa shape index (κ1) is 9.96. The maximum absolute atomic E-state index is 8.79. The summed E-state index contributed by atoms with van der Waals surface area (Å²) in [4.78, 5) is 0. The van der Waals surface area contributed by atoms with Crippen LogP contribution in [0.1, 0.15) is 19.3 Å². The second-order valence-corrected chi connectivity index (χ2v) is 3.64. The third-order valence-corrected chi connectivity index (χ3v) is 2.58. The van der Waals surface area contributed by atoms with Crippen LogP contribution in [0.25, 0.3) is 0 Å². The van der Waals surface area contributed by atoms with E-state index in [0.29, 0.717) is 12.0 Å². The van der Waals surface area contributed by atoms with Crippen molar-refractivity contribution in [1.29, 1.82) is 0 Å². The van der Waals surface area contributed by atoms with E-state index in [4.69, 9.17) is 9.84 Å². The molecule has 0 aromatic heterocycles. The van der Waals surface area contributed by atoms with Gasteiger partial charge in [0.2, 0.25) is 0 Å². The fourth-order valence-corrected chi connectivity index (χ4v) is 1.46. The Kier molecular flexibility index (Phi) is 3.98. The van der Waals surface area contributed by atoms with Crippen LogP contribution < -0.4 is 5.32 Å². The number of aliphatic hydroxyl groups excluding tert-OH is 1. The minimum absolute atomic E-state index is 0.325. The normalized spacial score (nSPS) is 19.5. The lowest BCUT2D eigenvalue weighted by atomic mass is 10.0. The molecule has 12 heavy (non-hydrogen) atoms. The molecule has 0 spiro atoms. The maximum Gasteiger partial charge on any atom is 0.0587 e. The van der Waals surface area contributed by atoms with Gasteiger partial charge in [-0.05, 0) is 24.7 Å². The van der Waals surface area contributed by atoms with E-state index in [9.17, 15) is 0 Å². The van der Waals surface area contributed by atoms with Gasteiger partial charge in [0.15, 0.2) is 0 Å². The van der Waals surface area contributed by atoms with Crippen molar-refractivity contribution >= 4 is 0 Å². The summed E-state index contributed by atoms with van der Waals surface area (Å²) in [5.74, 6) is 0. The molecule has 3 nitrogen and oxygen atoms in total. The first-order valence-corrected chi connectivity index (χ1v) is 4.63. The Balaban J connectivity index is 1.98. The molecular weight excluding hydrogens is 154 g/mol. The van der Waals surface area contributed by atoms with E-state index in [1.807, 2.05) is 0 Å². The number of aliphatic hydroxyl groups is 1. The van der Waals surface area contributed by atoms with Gasteiger partial charge in [0, 0.05) is 26.8 Å². The number of nitrogens with one attached hydrogen (secondary N) is 1. The van der Waals surface area contributed by atoms with Gasteiger partial charge in [-0.2, -0.15) is 0 Å². The van der Waals surface area contributed by atoms with Gasteiger partial charge in [0.1, 0.15) is 0 Å². The van der Waals surface area contributed by atoms with Gasteiger partial charge in [-0.1, -0.05) is 0 Å². The molecule has 0 aromatic carbocycles. The summed E-state index contributed by atoms with van der Waals surface area (Å²) in [5.41, 5.74) is 0.433. The van der Waals surface area contributed by atoms with Crippen molar-refractivity contribution in [2.45, 2.75) is 19.3 Å². The summed E-state index contributed by atoms with van der Waals surface area (Å²) in [7, 11) is 1.71. The minimum Gasteiger partial charge on any atom is -0.396 e. The molecule has 0 amide bonds. The van der Waals surface area contributed by atoms with Crippen LogP contribution in [0.15, 0.2) is 0 Å². The topological polar surface area (TPSA) is 41.5 Å². The van der Waals surface area contributed by atoms with Gasteiger partial charge < -0.3 is 15.2 Å². The molecule has 1 rings (SSSR count). The van der Waals surface area contributed by atoms with Crippen LogP contribution in [-0.2, 0) is 4.74 Å². The predicted molar refractivity (Wildman–Crippen MR) is 48.1 cm³/mol. The number of methoxy groups -OCH3 is 1. The highest BCUT2D eigenvalue weighted by molar-refractivity contribution is 4.94. The molecule has 0 radical (unpaired) electrons. The lowest BCUT2D eigenvalue weighted by molar-refractivity contribution is 0.194. The number of rotatable bonds is 7. The third kappa shape index (κ3) is 3.09. The van der Waals surface area contributed by atoms with Crippen LogP contribution in [0.2, 0.25) is 0 Å². The van der Waals surface area contributed by atoms with Crippen molar-refractivity contribution in [2.24, 2.45) is 5.41 Å². The van der Waals surface area contributed by atoms with Crippen molar-refractivity contribution in [2.75, 3.05) is 33.4 Å². The molecule has 0 aliphatic heterocycles. The van der Waals surface area contributed by atoms with Gasteiger partial charge in [-0.25, -0.2) is 0 Å². The lowest BCUT2D eigenvalue weighted by Gasteiger charge is -2.13. The van der Waals surface area contributed by atoms with Crippen molar-refractivity contribution in [3.05, 3.63) is 0 Å². The highest BCUT2D eigenvalue weighted by atomic mass is 16.5. The zero-order valence-corrected chi connectivity index (χ0v) is 7.81. The van der Waals surface area contributed by atoms with Crippen LogP contribution in [-0.4, -0.2) is 38.5 Å². The second-order valence-electron chi connectivity index (χ2n) is 3.64. The Morgan fingerprint density at radius 3 is 2.75 bits per heavy atom. The molecule has 0 heterocycles. The van der Waals surface area contributed by atoms with Crippen molar-refractivity contribution in [1.82, 2.24) is 5.32 Å². The summed E-state index contributed by atoms with van der Waals surface area (Å²) in [6, 6.07) is 0. The fraction of sp³-hybridized carbons (Fsp3) is 1.00. The molecule has 0 atom stereocenters. The standard InChI is InChI=1S/C9H19NO2/c1-12-7-5-10-8-9(2-3-9)4-6-11/h10-11H,2-8H2,1H3. The Morgan fingerprint density at radius 2 is 2.25 bits per heavy atom. The molecule has 0 bridgehead atoms. The Labute approximate surface area is 74.1 Å². The van der Waals surface area contributed by atoms with Crippen molar-refractivity contribution < 1.29 is 9.84 Å². The Bertz CT molecular complexity index is 124. The molecule has 3 heteroatoms. The largest absolute Gasteiger partial charge is 0.396 e. The quantitative estimate of drug-likeness (QED) is 0.547. The summed E-state index contributed by atoms with van der Waals surface area (Å²) < 4.78 is 4.93. The first-order valence-electron chi connectivity index (χ1n) is 4.63. The van der Waals surface area contributed by atoms with E-state index in [1.165, 1.54) is 12.8 Å². The Morgan fingerprint density at radius 1 is 1.50 bits per heavy atom. The highest BCUT2D eigenvalue weighted by Gasteiger charge is 2.40. The second kappa shape index (κ2) is 4.80. The van der Waals surface area contributed by atoms with Crippen molar-refractivity contribution in [3.8, 4) is 0 Å². The number of ether oxygens (including phenoxy) is 1. The molecule has 1 aliphatic rings. The van der Waals surface area contributed by atoms with Gasteiger partial charge in [-0.15, -0.1) is 0 Å². The van der Waals surface area contributed by atoms with Crippen LogP contribution >= 0.6 is 0 Å². The van der Waals surface area contributed by atoms with Crippen molar-refractivity contribution in [3.63, 3.8) is 0 Å². The van der Waals surface area contributed by atoms with E-state index >= 15 is 0 Å². The average molecular weight is 173 g/mol. The maximum atomic E-state index is 8.79. The van der Waals surface area contributed by atoms with E-state index in [1.54, 1.807) is 7.11 Å². The summed E-state index contributed by atoms with van der Waals surface area (Å²) >= 11 is 0. The zero-order chi connectivity index (χ0) is 8.86. The van der Waals surface area contributed by atoms with Crippen LogP contribution in [0.3, 0.4) is 0 Å². The first-order chi connectivity index (χ1) is 5.83. The monoisotopic (exact) mass is 173 g/mol. The van der Waals surface area contributed by atoms with Crippen LogP contribution in [0.4, 0.5) is 0 Å². The smallest absolute Gasteiger partial charge is 0.0587 e. The fourth-order valence-electron chi connectivity index (χ4n) is 1.46. The average Bonchev–Trinajstić information content (AvgIpc) is 2.81. The molecule has 1 aliphatic carbocycles. The summed E-state index contributed by atoms with van der Waals surface area (Å²) in [6.45, 7) is 3.06. The van der Waals surface area contributed by atoms with E-state index in [2.05, 4.69) is 5.32 Å². The summed E-state index contributed by atoms with van der Waals surface area (Å²) in [5, 5.41) is 12.1. The summed E-state index contributed by atoms with van der Waals surface area (Å²) in [6.07, 6.45) is 3.49. The molecule has 0 unspecified atom stereocenters. The highest BCUT2D eigenvalue weighted by Crippen LogP contribution is 2.47. The van der Waals surface area contributed by atoms with Gasteiger partial charge >= 0.3 is 0 Å². The molecule has 1 fully saturated rings. The number of hydrogen-bond acceptors (Lipinski definition) is 3. The van der Waals surface area contributed by atoms with E-state index in [0.717, 1.165) is 26.1 Å². The zero-order valence-electron chi connectivity index (χ0n) is 7.81. The SMILES string of the molecule is COCCNCC1(CCO)CC1. The predicted octanol–water partition coefficient (Wildman–Crippen LogP) is 0.385. The molecule has 2 N–H and O–H groups in total. The molecule has 1 saturated carbocycles. The van der Waals surface area contributed by atoms with Crippen LogP contribution in [0, 0.1) is 5.41 Å². The van der Waals surface area contributed by atoms with E-state index < -0.39 is 0 Å². The van der Waals surface area contributed by atoms with Gasteiger partial charge in [-0.3, -0.25) is 0 Å². The van der Waals surface area contributed by atoms with Gasteiger partial charge in [0.25, 0.3) is 0 Å². The lowest BCUT2D eigenvalue weighted by Crippen LogP contribution is -2.27. The minimum atomic E-state index is 0.325. The molecule has 0 aromatic rings. The third-order valence-electron chi connectivity index (χ3n) is 2.58. The van der Waals surface area contributed by atoms with Crippen LogP contribution in [0.5, 0.6) is 0 Å². The van der Waals surface area contributed by atoms with Gasteiger partial charge in [0.05, 0.1) is 6.61 Å². The molecular formula is C9H19NO2.